The minimum Gasteiger partial charge on any atom is -0.373 e. The summed E-state index contributed by atoms with van der Waals surface area (Å²) in [5.41, 5.74) is -0.226. The van der Waals surface area contributed by atoms with E-state index in [0.29, 0.717) is 24.2 Å². The molecule has 1 aliphatic carbocycles. The van der Waals surface area contributed by atoms with Crippen LogP contribution >= 0.6 is 0 Å². The predicted octanol–water partition coefficient (Wildman–Crippen LogP) is 2.20. The lowest BCUT2D eigenvalue weighted by molar-refractivity contribution is -0.385. The topological polar surface area (TPSA) is 97.2 Å². The van der Waals surface area contributed by atoms with Gasteiger partial charge in [0.1, 0.15) is 17.6 Å². The molecule has 2 unspecified atom stereocenters. The van der Waals surface area contributed by atoms with E-state index in [-0.39, 0.29) is 11.3 Å². The summed E-state index contributed by atoms with van der Waals surface area (Å²) >= 11 is 0. The largest absolute Gasteiger partial charge is 0.373 e. The lowest BCUT2D eigenvalue weighted by Crippen LogP contribution is -2.30. The Kier molecular flexibility index (Phi) is 4.72. The summed E-state index contributed by atoms with van der Waals surface area (Å²) in [6.45, 7) is 2.74. The van der Waals surface area contributed by atoms with Crippen LogP contribution in [0.3, 0.4) is 0 Å². The molecule has 1 aliphatic rings. The Labute approximate surface area is 123 Å². The van der Waals surface area contributed by atoms with Gasteiger partial charge in [0.15, 0.2) is 0 Å². The van der Waals surface area contributed by atoms with E-state index in [1.165, 1.54) is 18.9 Å². The summed E-state index contributed by atoms with van der Waals surface area (Å²) in [7, 11) is 1.65. The van der Waals surface area contributed by atoms with Crippen molar-refractivity contribution < 1.29 is 9.72 Å². The molecule has 21 heavy (non-hydrogen) atoms. The van der Waals surface area contributed by atoms with Gasteiger partial charge < -0.3 is 10.6 Å². The first kappa shape index (κ1) is 15.2. The molecular weight excluding hydrogens is 272 g/mol. The average Bonchev–Trinajstić information content (AvgIpc) is 2.89. The van der Waals surface area contributed by atoms with E-state index in [0.717, 1.165) is 12.6 Å². The Morgan fingerprint density at radius 1 is 1.52 bits per heavy atom. The number of anilines is 1. The van der Waals surface area contributed by atoms with Crippen molar-refractivity contribution >= 4 is 17.4 Å². The van der Waals surface area contributed by atoms with Crippen LogP contribution in [-0.4, -0.2) is 29.4 Å². The molecule has 2 N–H and O–H groups in total. The zero-order valence-corrected chi connectivity index (χ0v) is 12.3. The van der Waals surface area contributed by atoms with Gasteiger partial charge in [-0.1, -0.05) is 19.8 Å². The molecule has 0 aliphatic heterocycles. The molecule has 1 aromatic rings. The van der Waals surface area contributed by atoms with Crippen LogP contribution in [0.1, 0.15) is 36.5 Å². The number of aromatic nitrogens is 1. The zero-order chi connectivity index (χ0) is 15.4. The second-order valence-corrected chi connectivity index (χ2v) is 5.47. The molecule has 1 fully saturated rings. The molecule has 0 bridgehead atoms. The molecule has 1 amide bonds. The van der Waals surface area contributed by atoms with Gasteiger partial charge in [-0.15, -0.1) is 0 Å². The van der Waals surface area contributed by atoms with Crippen LogP contribution in [0.25, 0.3) is 0 Å². The molecule has 1 saturated carbocycles. The van der Waals surface area contributed by atoms with Crippen LogP contribution < -0.4 is 10.6 Å². The van der Waals surface area contributed by atoms with E-state index in [4.69, 9.17) is 0 Å². The molecule has 0 aromatic carbocycles. The van der Waals surface area contributed by atoms with Crippen LogP contribution in [0.15, 0.2) is 12.3 Å². The van der Waals surface area contributed by atoms with Crippen molar-refractivity contribution in [3.8, 4) is 0 Å². The smallest absolute Gasteiger partial charge is 0.300 e. The first-order chi connectivity index (χ1) is 10.0. The van der Waals surface area contributed by atoms with E-state index in [9.17, 15) is 14.9 Å². The number of rotatable bonds is 5. The first-order valence-corrected chi connectivity index (χ1v) is 7.13. The highest BCUT2D eigenvalue weighted by atomic mass is 16.6. The van der Waals surface area contributed by atoms with Crippen molar-refractivity contribution in [3.63, 3.8) is 0 Å². The van der Waals surface area contributed by atoms with Gasteiger partial charge in [-0.25, -0.2) is 4.98 Å². The second kappa shape index (κ2) is 6.51. The number of carbonyl (C=O) groups excluding carboxylic acids is 1. The van der Waals surface area contributed by atoms with Crippen molar-refractivity contribution in [2.24, 2.45) is 11.8 Å². The second-order valence-electron chi connectivity index (χ2n) is 5.47. The van der Waals surface area contributed by atoms with E-state index in [2.05, 4.69) is 22.5 Å². The van der Waals surface area contributed by atoms with Gasteiger partial charge in [0, 0.05) is 19.7 Å². The van der Waals surface area contributed by atoms with Crippen LogP contribution in [0.5, 0.6) is 0 Å². The number of nitro groups is 1. The maximum atomic E-state index is 12.2. The monoisotopic (exact) mass is 292 g/mol. The Bertz CT molecular complexity index is 547. The summed E-state index contributed by atoms with van der Waals surface area (Å²) in [5, 5.41) is 16.6. The molecule has 0 spiro atoms. The normalized spacial score (nSPS) is 21.0. The molecule has 1 heterocycles. The molecule has 7 heteroatoms. The van der Waals surface area contributed by atoms with E-state index < -0.39 is 10.8 Å². The molecule has 2 rings (SSSR count). The molecule has 0 saturated heterocycles. The Balaban J connectivity index is 2.11. The Hall–Kier alpha value is -2.18. The maximum Gasteiger partial charge on any atom is 0.300 e. The van der Waals surface area contributed by atoms with Gasteiger partial charge in [0.2, 0.25) is 0 Å². The number of amides is 1. The van der Waals surface area contributed by atoms with Gasteiger partial charge in [0.25, 0.3) is 11.6 Å². The number of nitrogens with zero attached hydrogens (tertiary/aromatic N) is 2. The zero-order valence-electron chi connectivity index (χ0n) is 12.3. The standard InChI is InChI=1S/C14H20N4O3/c1-9-4-3-5-10(9)7-17-14(19)11-6-13(15-2)16-8-12(11)18(20)21/h6,8-10H,3-5,7H2,1-2H3,(H,15,16)(H,17,19). The Morgan fingerprint density at radius 2 is 2.29 bits per heavy atom. The fraction of sp³-hybridized carbons (Fsp3) is 0.571. The van der Waals surface area contributed by atoms with Crippen molar-refractivity contribution in [1.82, 2.24) is 10.3 Å². The quantitative estimate of drug-likeness (QED) is 0.640. The van der Waals surface area contributed by atoms with Gasteiger partial charge in [-0.05, 0) is 18.3 Å². The molecule has 0 radical (unpaired) electrons. The highest BCUT2D eigenvalue weighted by molar-refractivity contribution is 5.98. The number of carbonyl (C=O) groups is 1. The molecule has 2 atom stereocenters. The van der Waals surface area contributed by atoms with Gasteiger partial charge in [-0.2, -0.15) is 0 Å². The molecule has 1 aromatic heterocycles. The van der Waals surface area contributed by atoms with Gasteiger partial charge in [0.05, 0.1) is 4.92 Å². The third kappa shape index (κ3) is 3.48. The number of nitrogens with one attached hydrogen (secondary N) is 2. The molecular formula is C14H20N4O3. The van der Waals surface area contributed by atoms with Gasteiger partial charge in [-0.3, -0.25) is 14.9 Å². The SMILES string of the molecule is CNc1cc(C(=O)NCC2CCCC2C)c([N+](=O)[O-])cn1. The fourth-order valence-corrected chi connectivity index (χ4v) is 2.76. The fourth-order valence-electron chi connectivity index (χ4n) is 2.76. The van der Waals surface area contributed by atoms with Crippen LogP contribution in [0, 0.1) is 22.0 Å². The van der Waals surface area contributed by atoms with E-state index in [1.807, 2.05) is 0 Å². The molecule has 114 valence electrons. The lowest BCUT2D eigenvalue weighted by Gasteiger charge is -2.16. The van der Waals surface area contributed by atoms with E-state index in [1.54, 1.807) is 7.05 Å². The summed E-state index contributed by atoms with van der Waals surface area (Å²) in [5.74, 6) is 1.06. The van der Waals surface area contributed by atoms with E-state index >= 15 is 0 Å². The minimum absolute atomic E-state index is 0.0463. The van der Waals surface area contributed by atoms with Gasteiger partial charge >= 0.3 is 0 Å². The van der Waals surface area contributed by atoms with Crippen LogP contribution in [0.4, 0.5) is 11.5 Å². The molecule has 7 nitrogen and oxygen atoms in total. The van der Waals surface area contributed by atoms with Crippen molar-refractivity contribution in [1.29, 1.82) is 0 Å². The minimum atomic E-state index is -0.584. The number of hydrogen-bond acceptors (Lipinski definition) is 5. The highest BCUT2D eigenvalue weighted by Gasteiger charge is 2.26. The summed E-state index contributed by atoms with van der Waals surface area (Å²) in [6, 6.07) is 1.41. The first-order valence-electron chi connectivity index (χ1n) is 7.13. The third-order valence-electron chi connectivity index (χ3n) is 4.14. The number of hydrogen-bond donors (Lipinski definition) is 2. The predicted molar refractivity (Wildman–Crippen MR) is 79.3 cm³/mol. The van der Waals surface area contributed by atoms with Crippen LogP contribution in [-0.2, 0) is 0 Å². The Morgan fingerprint density at radius 3 is 2.86 bits per heavy atom. The highest BCUT2D eigenvalue weighted by Crippen LogP contribution is 2.30. The third-order valence-corrected chi connectivity index (χ3v) is 4.14. The summed E-state index contributed by atoms with van der Waals surface area (Å²) in [4.78, 5) is 26.5. The maximum absolute atomic E-state index is 12.2. The number of pyridine rings is 1. The van der Waals surface area contributed by atoms with Crippen molar-refractivity contribution in [3.05, 3.63) is 27.9 Å². The summed E-state index contributed by atoms with van der Waals surface area (Å²) in [6.07, 6.45) is 4.57. The lowest BCUT2D eigenvalue weighted by atomic mass is 9.98. The summed E-state index contributed by atoms with van der Waals surface area (Å²) < 4.78 is 0. The van der Waals surface area contributed by atoms with Crippen LogP contribution in [0.2, 0.25) is 0 Å². The average molecular weight is 292 g/mol. The van der Waals surface area contributed by atoms with Crippen molar-refractivity contribution in [2.45, 2.75) is 26.2 Å². The van der Waals surface area contributed by atoms with Crippen molar-refractivity contribution in [2.75, 3.05) is 18.9 Å².